The van der Waals surface area contributed by atoms with Gasteiger partial charge in [0.15, 0.2) is 0 Å². The minimum Gasteiger partial charge on any atom is -0.481 e. The molecule has 2 rings (SSSR count). The monoisotopic (exact) mass is 209 g/mol. The van der Waals surface area contributed by atoms with Crippen molar-refractivity contribution in [1.82, 2.24) is 15.0 Å². The van der Waals surface area contributed by atoms with E-state index in [9.17, 15) is 4.79 Å². The van der Waals surface area contributed by atoms with Crippen LogP contribution >= 0.6 is 0 Å². The molecule has 0 aliphatic heterocycles. The second-order valence-corrected chi connectivity index (χ2v) is 4.24. The Morgan fingerprint density at radius 3 is 3.07 bits per heavy atom. The maximum atomic E-state index is 10.9. The summed E-state index contributed by atoms with van der Waals surface area (Å²) in [6, 6.07) is 0. The quantitative estimate of drug-likeness (QED) is 0.776. The van der Waals surface area contributed by atoms with Gasteiger partial charge in [0.1, 0.15) is 0 Å². The first-order valence-corrected chi connectivity index (χ1v) is 5.20. The van der Waals surface area contributed by atoms with E-state index in [-0.39, 0.29) is 11.8 Å². The maximum Gasteiger partial charge on any atom is 0.306 e. The minimum atomic E-state index is -0.715. The van der Waals surface area contributed by atoms with Gasteiger partial charge in [-0.25, -0.2) is 0 Å². The van der Waals surface area contributed by atoms with E-state index in [1.807, 2.05) is 7.05 Å². The van der Waals surface area contributed by atoms with E-state index in [0.29, 0.717) is 0 Å². The van der Waals surface area contributed by atoms with E-state index in [1.54, 1.807) is 11.6 Å². The Morgan fingerprint density at radius 1 is 1.67 bits per heavy atom. The average molecular weight is 209 g/mol. The summed E-state index contributed by atoms with van der Waals surface area (Å²) in [5, 5.41) is 17.0. The lowest BCUT2D eigenvalue weighted by molar-refractivity contribution is -0.143. The van der Waals surface area contributed by atoms with E-state index < -0.39 is 5.97 Å². The fraction of sp³-hybridized carbons (Fsp3) is 0.700. The number of aryl methyl sites for hydroxylation is 1. The van der Waals surface area contributed by atoms with Gasteiger partial charge >= 0.3 is 5.97 Å². The molecule has 82 valence electrons. The van der Waals surface area contributed by atoms with Crippen molar-refractivity contribution < 1.29 is 9.90 Å². The van der Waals surface area contributed by atoms with Crippen molar-refractivity contribution in [2.45, 2.75) is 26.2 Å². The fourth-order valence-corrected chi connectivity index (χ4v) is 2.19. The van der Waals surface area contributed by atoms with Crippen LogP contribution in [0, 0.1) is 11.8 Å². The zero-order valence-electron chi connectivity index (χ0n) is 8.97. The Labute approximate surface area is 88.1 Å². The van der Waals surface area contributed by atoms with Gasteiger partial charge in [0.2, 0.25) is 0 Å². The van der Waals surface area contributed by atoms with Crippen LogP contribution in [0.25, 0.3) is 0 Å². The smallest absolute Gasteiger partial charge is 0.306 e. The minimum absolute atomic E-state index is 0.201. The predicted octanol–water partition coefficient (Wildman–Crippen LogP) is 0.641. The highest BCUT2D eigenvalue weighted by molar-refractivity contribution is 5.69. The molecule has 0 aromatic carbocycles. The Morgan fingerprint density at radius 2 is 2.40 bits per heavy atom. The summed E-state index contributed by atoms with van der Waals surface area (Å²) in [4.78, 5) is 10.9. The van der Waals surface area contributed by atoms with Gasteiger partial charge in [-0.2, -0.15) is 0 Å². The van der Waals surface area contributed by atoms with Crippen LogP contribution in [0.15, 0.2) is 0 Å². The topological polar surface area (TPSA) is 68.0 Å². The lowest BCUT2D eigenvalue weighted by Gasteiger charge is -2.24. The molecule has 0 bridgehead atoms. The predicted molar refractivity (Wildman–Crippen MR) is 53.3 cm³/mol. The molecule has 0 fully saturated rings. The van der Waals surface area contributed by atoms with E-state index in [2.05, 4.69) is 10.3 Å². The van der Waals surface area contributed by atoms with Gasteiger partial charge in [-0.15, -0.1) is 5.10 Å². The van der Waals surface area contributed by atoms with E-state index in [4.69, 9.17) is 5.11 Å². The molecular formula is C10H15N3O2. The first-order valence-electron chi connectivity index (χ1n) is 5.20. The molecule has 1 aliphatic carbocycles. The number of carboxylic acids is 1. The van der Waals surface area contributed by atoms with Gasteiger partial charge in [-0.1, -0.05) is 12.1 Å². The maximum absolute atomic E-state index is 10.9. The Balaban J connectivity index is 2.15. The van der Waals surface area contributed by atoms with Crippen LogP contribution in [0.4, 0.5) is 0 Å². The zero-order chi connectivity index (χ0) is 11.0. The molecule has 0 saturated carbocycles. The molecule has 2 atom stereocenters. The molecule has 0 radical (unpaired) electrons. The molecule has 0 amide bonds. The highest BCUT2D eigenvalue weighted by Gasteiger charge is 2.30. The first-order chi connectivity index (χ1) is 7.09. The summed E-state index contributed by atoms with van der Waals surface area (Å²) in [6.07, 6.45) is 2.55. The standard InChI is InChI=1S/C10H15N3O2/c1-6(10(14)15)7-3-4-9-8(5-7)11-12-13(9)2/h6-7H,3-5H2,1-2H3,(H,14,15). The molecule has 2 unspecified atom stereocenters. The van der Waals surface area contributed by atoms with E-state index in [0.717, 1.165) is 30.7 Å². The van der Waals surface area contributed by atoms with Crippen molar-refractivity contribution in [2.75, 3.05) is 0 Å². The van der Waals surface area contributed by atoms with Crippen molar-refractivity contribution in [2.24, 2.45) is 18.9 Å². The fourth-order valence-electron chi connectivity index (χ4n) is 2.19. The Kier molecular flexibility index (Phi) is 2.46. The summed E-state index contributed by atoms with van der Waals surface area (Å²) in [5.41, 5.74) is 2.13. The van der Waals surface area contributed by atoms with Crippen LogP contribution in [0.1, 0.15) is 24.7 Å². The summed E-state index contributed by atoms with van der Waals surface area (Å²) >= 11 is 0. The Hall–Kier alpha value is -1.39. The molecule has 1 heterocycles. The van der Waals surface area contributed by atoms with Crippen LogP contribution in [0.3, 0.4) is 0 Å². The summed E-state index contributed by atoms with van der Waals surface area (Å²) in [5.74, 6) is -0.806. The number of aromatic nitrogens is 3. The number of hydrogen-bond acceptors (Lipinski definition) is 3. The molecule has 15 heavy (non-hydrogen) atoms. The summed E-state index contributed by atoms with van der Waals surface area (Å²) in [7, 11) is 1.88. The van der Waals surface area contributed by atoms with Gasteiger partial charge in [0.05, 0.1) is 17.3 Å². The lowest BCUT2D eigenvalue weighted by Crippen LogP contribution is -2.26. The van der Waals surface area contributed by atoms with Gasteiger partial charge < -0.3 is 5.11 Å². The zero-order valence-corrected chi connectivity index (χ0v) is 8.97. The van der Waals surface area contributed by atoms with Crippen molar-refractivity contribution >= 4 is 5.97 Å². The first kappa shape index (κ1) is 10.1. The van der Waals surface area contributed by atoms with Gasteiger partial charge in [0, 0.05) is 7.05 Å². The molecule has 1 aromatic heterocycles. The molecule has 1 N–H and O–H groups in total. The molecule has 1 aliphatic rings. The molecule has 1 aromatic rings. The third-order valence-electron chi connectivity index (χ3n) is 3.33. The van der Waals surface area contributed by atoms with Gasteiger partial charge in [-0.05, 0) is 25.2 Å². The molecule has 0 spiro atoms. The summed E-state index contributed by atoms with van der Waals surface area (Å²) < 4.78 is 1.79. The largest absolute Gasteiger partial charge is 0.481 e. The number of rotatable bonds is 2. The third kappa shape index (κ3) is 1.73. The second kappa shape index (κ2) is 3.64. The second-order valence-electron chi connectivity index (χ2n) is 4.24. The number of fused-ring (bicyclic) bond motifs is 1. The normalized spacial score (nSPS) is 22.1. The number of aliphatic carboxylic acids is 1. The number of hydrogen-bond donors (Lipinski definition) is 1. The van der Waals surface area contributed by atoms with Crippen molar-refractivity contribution in [3.8, 4) is 0 Å². The highest BCUT2D eigenvalue weighted by Crippen LogP contribution is 2.28. The molecule has 5 nitrogen and oxygen atoms in total. The third-order valence-corrected chi connectivity index (χ3v) is 3.33. The molecule has 5 heteroatoms. The number of carbonyl (C=O) groups is 1. The van der Waals surface area contributed by atoms with Crippen LogP contribution in [-0.4, -0.2) is 26.1 Å². The van der Waals surface area contributed by atoms with Gasteiger partial charge in [0.25, 0.3) is 0 Å². The lowest BCUT2D eigenvalue weighted by atomic mass is 9.81. The highest BCUT2D eigenvalue weighted by atomic mass is 16.4. The van der Waals surface area contributed by atoms with Crippen LogP contribution in [-0.2, 0) is 24.7 Å². The van der Waals surface area contributed by atoms with Crippen LogP contribution < -0.4 is 0 Å². The van der Waals surface area contributed by atoms with E-state index >= 15 is 0 Å². The van der Waals surface area contributed by atoms with Crippen molar-refractivity contribution in [1.29, 1.82) is 0 Å². The van der Waals surface area contributed by atoms with E-state index in [1.165, 1.54) is 0 Å². The van der Waals surface area contributed by atoms with Crippen molar-refractivity contribution in [3.05, 3.63) is 11.4 Å². The molecular weight excluding hydrogens is 194 g/mol. The van der Waals surface area contributed by atoms with Crippen molar-refractivity contribution in [3.63, 3.8) is 0 Å². The number of carboxylic acid groups (broad SMARTS) is 1. The number of nitrogens with zero attached hydrogens (tertiary/aromatic N) is 3. The van der Waals surface area contributed by atoms with Gasteiger partial charge in [-0.3, -0.25) is 9.48 Å². The SMILES string of the molecule is CC(C(=O)O)C1CCc2c(nnn2C)C1. The summed E-state index contributed by atoms with van der Waals surface area (Å²) in [6.45, 7) is 1.77. The molecule has 0 saturated heterocycles. The Bertz CT molecular complexity index is 386. The average Bonchev–Trinajstić information content (AvgIpc) is 2.59. The van der Waals surface area contributed by atoms with Crippen LogP contribution in [0.2, 0.25) is 0 Å². The van der Waals surface area contributed by atoms with Crippen LogP contribution in [0.5, 0.6) is 0 Å².